The lowest BCUT2D eigenvalue weighted by atomic mass is 9.98. The van der Waals surface area contributed by atoms with Gasteiger partial charge in [-0.15, -0.1) is 0 Å². The molecule has 41 heavy (non-hydrogen) atoms. The molecule has 6 rings (SSSR count). The third-order valence-electron chi connectivity index (χ3n) is 9.08. The molecule has 0 aliphatic carbocycles. The van der Waals surface area contributed by atoms with Crippen molar-refractivity contribution in [1.82, 2.24) is 19.7 Å². The summed E-state index contributed by atoms with van der Waals surface area (Å²) >= 11 is 0. The van der Waals surface area contributed by atoms with E-state index in [1.807, 2.05) is 28.8 Å². The molecular weight excluding hydrogens is 536 g/mol. The van der Waals surface area contributed by atoms with Gasteiger partial charge in [0.15, 0.2) is 5.37 Å². The van der Waals surface area contributed by atoms with E-state index in [0.717, 1.165) is 29.5 Å². The first-order valence-corrected chi connectivity index (χ1v) is 16.6. The van der Waals surface area contributed by atoms with Crippen LogP contribution in [0.2, 0.25) is 0 Å². The van der Waals surface area contributed by atoms with Gasteiger partial charge in [-0.25, -0.2) is 8.42 Å². The molecule has 0 radical (unpaired) electrons. The highest BCUT2D eigenvalue weighted by Gasteiger charge is 2.43. The Bertz CT molecular complexity index is 1500. The standard InChI is InChI=1S/C32H42N4O4S/c1-21(2)35-24-10-11-25(35)19-27(18-24)40-26-12-13-29-23(16-26)17-30(36(29)22(3)4)32(37)34-15-14-33-20-31(34)41(38,39)28-8-6-5-7-9-28/h5-9,12-13,16-17,21-22,24-25,27,31,33H,10-11,14-15,18-20H2,1-4H3/t24-,25+,27?,31?. The minimum atomic E-state index is -3.75. The lowest BCUT2D eigenvalue weighted by Gasteiger charge is -2.41. The molecule has 3 aromatic rings. The van der Waals surface area contributed by atoms with Gasteiger partial charge in [0.2, 0.25) is 9.84 Å². The molecule has 8 nitrogen and oxygen atoms in total. The zero-order chi connectivity index (χ0) is 28.9. The molecule has 2 unspecified atom stereocenters. The summed E-state index contributed by atoms with van der Waals surface area (Å²) in [6, 6.07) is 18.2. The van der Waals surface area contributed by atoms with Crippen molar-refractivity contribution in [2.75, 3.05) is 19.6 Å². The predicted molar refractivity (Wildman–Crippen MR) is 161 cm³/mol. The van der Waals surface area contributed by atoms with Crippen LogP contribution in [0.15, 0.2) is 59.5 Å². The summed E-state index contributed by atoms with van der Waals surface area (Å²) in [7, 11) is -3.75. The summed E-state index contributed by atoms with van der Waals surface area (Å²) in [5.74, 6) is 0.563. The number of carbonyl (C=O) groups excluding carboxylic acids is 1. The van der Waals surface area contributed by atoms with Crippen molar-refractivity contribution in [1.29, 1.82) is 0 Å². The number of piperidine rings is 1. The Labute approximate surface area is 243 Å². The normalized spacial score (nSPS) is 25.4. The molecule has 0 saturated carbocycles. The van der Waals surface area contributed by atoms with Gasteiger partial charge in [-0.2, -0.15) is 0 Å². The Morgan fingerprint density at radius 2 is 1.66 bits per heavy atom. The second-order valence-electron chi connectivity index (χ2n) is 12.4. The summed E-state index contributed by atoms with van der Waals surface area (Å²) in [5.41, 5.74) is 1.45. The fourth-order valence-electron chi connectivity index (χ4n) is 7.41. The van der Waals surface area contributed by atoms with Crippen molar-refractivity contribution in [2.24, 2.45) is 0 Å². The van der Waals surface area contributed by atoms with Crippen LogP contribution in [0, 0.1) is 0 Å². The van der Waals surface area contributed by atoms with Crippen molar-refractivity contribution < 1.29 is 17.9 Å². The average Bonchev–Trinajstić information content (AvgIpc) is 3.48. The third-order valence-corrected chi connectivity index (χ3v) is 11.1. The smallest absolute Gasteiger partial charge is 0.271 e. The molecule has 2 bridgehead atoms. The van der Waals surface area contributed by atoms with Crippen molar-refractivity contribution in [3.05, 3.63) is 60.3 Å². The van der Waals surface area contributed by atoms with E-state index < -0.39 is 15.2 Å². The zero-order valence-corrected chi connectivity index (χ0v) is 25.3. The lowest BCUT2D eigenvalue weighted by molar-refractivity contribution is 0.0308. The molecule has 0 spiro atoms. The van der Waals surface area contributed by atoms with Crippen LogP contribution in [0.1, 0.15) is 69.9 Å². The topological polar surface area (TPSA) is 83.9 Å². The molecule has 220 valence electrons. The number of hydrogen-bond donors (Lipinski definition) is 1. The Balaban J connectivity index is 1.28. The van der Waals surface area contributed by atoms with Gasteiger partial charge in [0.1, 0.15) is 17.5 Å². The quantitative estimate of drug-likeness (QED) is 0.432. The Kier molecular flexibility index (Phi) is 7.63. The molecule has 3 aliphatic heterocycles. The minimum absolute atomic E-state index is 0.0151. The van der Waals surface area contributed by atoms with E-state index >= 15 is 0 Å². The van der Waals surface area contributed by atoms with Crippen LogP contribution in [0.3, 0.4) is 0 Å². The van der Waals surface area contributed by atoms with Crippen LogP contribution in [-0.4, -0.2) is 77.9 Å². The summed E-state index contributed by atoms with van der Waals surface area (Å²) in [6.45, 7) is 9.74. The van der Waals surface area contributed by atoms with Crippen LogP contribution in [0.5, 0.6) is 5.75 Å². The Hall–Kier alpha value is -2.88. The van der Waals surface area contributed by atoms with E-state index in [4.69, 9.17) is 4.74 Å². The minimum Gasteiger partial charge on any atom is -0.490 e. The molecule has 3 saturated heterocycles. The number of aromatic nitrogens is 1. The van der Waals surface area contributed by atoms with Crippen LogP contribution in [0.25, 0.3) is 10.9 Å². The van der Waals surface area contributed by atoms with Crippen molar-refractivity contribution in [3.63, 3.8) is 0 Å². The molecule has 4 heterocycles. The van der Waals surface area contributed by atoms with Gasteiger partial charge in [0.25, 0.3) is 5.91 Å². The average molecular weight is 579 g/mol. The van der Waals surface area contributed by atoms with E-state index in [0.29, 0.717) is 36.9 Å². The molecule has 9 heteroatoms. The molecule has 2 aromatic carbocycles. The van der Waals surface area contributed by atoms with Crippen molar-refractivity contribution >= 4 is 26.6 Å². The van der Waals surface area contributed by atoms with Gasteiger partial charge >= 0.3 is 0 Å². The summed E-state index contributed by atoms with van der Waals surface area (Å²) in [4.78, 5) is 18.6. The molecule has 3 aliphatic rings. The third kappa shape index (κ3) is 5.17. The van der Waals surface area contributed by atoms with E-state index in [-0.39, 0.29) is 29.5 Å². The molecule has 1 N–H and O–H groups in total. The fraction of sp³-hybridized carbons (Fsp3) is 0.531. The van der Waals surface area contributed by atoms with Crippen LogP contribution >= 0.6 is 0 Å². The van der Waals surface area contributed by atoms with Gasteiger partial charge in [-0.1, -0.05) is 18.2 Å². The molecule has 4 atom stereocenters. The number of rotatable bonds is 7. The van der Waals surface area contributed by atoms with E-state index in [9.17, 15) is 13.2 Å². The lowest BCUT2D eigenvalue weighted by Crippen LogP contribution is -2.57. The molecule has 1 amide bonds. The number of piperazine rings is 1. The number of sulfone groups is 1. The van der Waals surface area contributed by atoms with Crippen LogP contribution in [0.4, 0.5) is 0 Å². The first-order chi connectivity index (χ1) is 19.6. The second kappa shape index (κ2) is 11.1. The maximum absolute atomic E-state index is 14.1. The summed E-state index contributed by atoms with van der Waals surface area (Å²) < 4.78 is 35.8. The number of amides is 1. The van der Waals surface area contributed by atoms with Gasteiger partial charge in [-0.3, -0.25) is 9.69 Å². The summed E-state index contributed by atoms with van der Waals surface area (Å²) in [5, 5.41) is 3.13. The fourth-order valence-corrected chi connectivity index (χ4v) is 9.13. The van der Waals surface area contributed by atoms with Crippen LogP contribution < -0.4 is 10.1 Å². The van der Waals surface area contributed by atoms with Crippen LogP contribution in [-0.2, 0) is 9.84 Å². The highest BCUT2D eigenvalue weighted by molar-refractivity contribution is 7.92. The number of nitrogens with one attached hydrogen (secondary N) is 1. The van der Waals surface area contributed by atoms with E-state index in [1.54, 1.807) is 30.3 Å². The number of nitrogens with zero attached hydrogens (tertiary/aromatic N) is 3. The monoisotopic (exact) mass is 578 g/mol. The molecule has 1 aromatic heterocycles. The van der Waals surface area contributed by atoms with E-state index in [2.05, 4.69) is 37.9 Å². The number of fused-ring (bicyclic) bond motifs is 3. The Morgan fingerprint density at radius 1 is 0.951 bits per heavy atom. The van der Waals surface area contributed by atoms with Crippen molar-refractivity contribution in [3.8, 4) is 5.75 Å². The highest BCUT2D eigenvalue weighted by Crippen LogP contribution is 2.39. The molecule has 3 fully saturated rings. The predicted octanol–water partition coefficient (Wildman–Crippen LogP) is 4.85. The maximum Gasteiger partial charge on any atom is 0.271 e. The maximum atomic E-state index is 14.1. The van der Waals surface area contributed by atoms with Gasteiger partial charge in [0, 0.05) is 54.7 Å². The first kappa shape index (κ1) is 28.2. The Morgan fingerprint density at radius 3 is 2.32 bits per heavy atom. The molecular formula is C32H42N4O4S. The SMILES string of the molecule is CC(C)N1[C@@H]2CC[C@H]1CC(Oc1ccc3c(c1)cc(C(=O)N1CCNCC1S(=O)(=O)c1ccccc1)n3C(C)C)C2. The largest absolute Gasteiger partial charge is 0.490 e. The van der Waals surface area contributed by atoms with Gasteiger partial charge in [0.05, 0.1) is 4.90 Å². The number of benzene rings is 2. The summed E-state index contributed by atoms with van der Waals surface area (Å²) in [6.07, 6.45) is 4.78. The number of ether oxygens (including phenoxy) is 1. The number of hydrogen-bond acceptors (Lipinski definition) is 6. The first-order valence-electron chi connectivity index (χ1n) is 15.0. The number of carbonyl (C=O) groups is 1. The van der Waals surface area contributed by atoms with E-state index in [1.165, 1.54) is 17.7 Å². The van der Waals surface area contributed by atoms with Crippen molar-refractivity contribution in [2.45, 2.75) is 93.9 Å². The zero-order valence-electron chi connectivity index (χ0n) is 24.5. The van der Waals surface area contributed by atoms with Gasteiger partial charge < -0.3 is 19.5 Å². The second-order valence-corrected chi connectivity index (χ2v) is 14.5. The van der Waals surface area contributed by atoms with Gasteiger partial charge in [-0.05, 0) is 89.8 Å². The highest BCUT2D eigenvalue weighted by atomic mass is 32.2.